The van der Waals surface area contributed by atoms with Crippen LogP contribution in [0.5, 0.6) is 0 Å². The summed E-state index contributed by atoms with van der Waals surface area (Å²) < 4.78 is 29.6. The monoisotopic (exact) mass is 397 g/mol. The Morgan fingerprint density at radius 2 is 2.07 bits per heavy atom. The second kappa shape index (κ2) is 7.94. The largest absolute Gasteiger partial charge is 0.348 e. The van der Waals surface area contributed by atoms with Crippen molar-refractivity contribution in [2.24, 2.45) is 5.10 Å². The molecule has 0 aliphatic carbocycles. The molecule has 29 heavy (non-hydrogen) atoms. The molecule has 1 fully saturated rings. The summed E-state index contributed by atoms with van der Waals surface area (Å²) in [6, 6.07) is 3.61. The molecule has 1 atom stereocenters. The minimum atomic E-state index is -0.686. The summed E-state index contributed by atoms with van der Waals surface area (Å²) >= 11 is 0. The number of nitrogens with zero attached hydrogens (tertiary/aromatic N) is 7. The van der Waals surface area contributed by atoms with Crippen LogP contribution in [0.4, 0.5) is 20.3 Å². The van der Waals surface area contributed by atoms with Gasteiger partial charge in [0.25, 0.3) is 0 Å². The van der Waals surface area contributed by atoms with Crippen LogP contribution in [0.1, 0.15) is 38.4 Å². The first-order valence-corrected chi connectivity index (χ1v) is 9.46. The first-order valence-electron chi connectivity index (χ1n) is 9.46. The van der Waals surface area contributed by atoms with Crippen LogP contribution in [0.3, 0.4) is 0 Å². The molecular formula is C20H21F2N7. The number of allylic oxidation sites excluding steroid dienone is 1. The SMILES string of the molecule is C/C=C\N(/N=C\C)c1cnn2ccc(N3CCCC3c3nc(F)ccc3F)nc12. The van der Waals surface area contributed by atoms with Gasteiger partial charge < -0.3 is 4.90 Å². The molecule has 1 saturated heterocycles. The van der Waals surface area contributed by atoms with Crippen LogP contribution in [0.2, 0.25) is 0 Å². The molecule has 0 aromatic carbocycles. The maximum absolute atomic E-state index is 14.3. The van der Waals surface area contributed by atoms with Crippen molar-refractivity contribution >= 4 is 23.4 Å². The average molecular weight is 397 g/mol. The van der Waals surface area contributed by atoms with E-state index in [1.54, 1.807) is 28.1 Å². The van der Waals surface area contributed by atoms with Gasteiger partial charge in [-0.25, -0.2) is 23.9 Å². The minimum Gasteiger partial charge on any atom is -0.348 e. The zero-order valence-electron chi connectivity index (χ0n) is 16.2. The summed E-state index contributed by atoms with van der Waals surface area (Å²) in [7, 11) is 0. The van der Waals surface area contributed by atoms with E-state index in [2.05, 4.69) is 15.2 Å². The van der Waals surface area contributed by atoms with Crippen LogP contribution < -0.4 is 9.91 Å². The number of aromatic nitrogens is 4. The summed E-state index contributed by atoms with van der Waals surface area (Å²) in [5.74, 6) is -0.534. The van der Waals surface area contributed by atoms with Crippen molar-refractivity contribution in [1.29, 1.82) is 0 Å². The molecule has 4 heterocycles. The van der Waals surface area contributed by atoms with Gasteiger partial charge in [0, 0.05) is 25.2 Å². The third-order valence-electron chi connectivity index (χ3n) is 4.81. The standard InChI is InChI=1S/C20H21F2N7/c1-3-10-28(23-4-2)16-13-24-29-12-9-18(26-20(16)29)27-11-5-6-15(27)19-14(21)7-8-17(22)25-19/h3-4,7-10,12-13,15H,5-6,11H2,1-2H3/b10-3-,23-4-. The Morgan fingerprint density at radius 1 is 1.21 bits per heavy atom. The third kappa shape index (κ3) is 3.55. The molecule has 0 bridgehead atoms. The maximum atomic E-state index is 14.3. The van der Waals surface area contributed by atoms with Crippen molar-refractivity contribution in [1.82, 2.24) is 19.6 Å². The lowest BCUT2D eigenvalue weighted by Crippen LogP contribution is -2.25. The highest BCUT2D eigenvalue weighted by Gasteiger charge is 2.31. The molecule has 3 aromatic rings. The topological polar surface area (TPSA) is 61.9 Å². The van der Waals surface area contributed by atoms with E-state index in [1.165, 1.54) is 0 Å². The lowest BCUT2D eigenvalue weighted by Gasteiger charge is -2.25. The van der Waals surface area contributed by atoms with E-state index in [-0.39, 0.29) is 11.7 Å². The second-order valence-electron chi connectivity index (χ2n) is 6.64. The summed E-state index contributed by atoms with van der Waals surface area (Å²) in [5.41, 5.74) is 1.45. The highest BCUT2D eigenvalue weighted by atomic mass is 19.1. The Morgan fingerprint density at radius 3 is 2.86 bits per heavy atom. The highest BCUT2D eigenvalue weighted by molar-refractivity contribution is 5.72. The van der Waals surface area contributed by atoms with Gasteiger partial charge in [-0.2, -0.15) is 14.6 Å². The molecule has 0 N–H and O–H groups in total. The summed E-state index contributed by atoms with van der Waals surface area (Å²) in [6.45, 7) is 4.41. The van der Waals surface area contributed by atoms with Crippen LogP contribution in [0.15, 0.2) is 48.0 Å². The Hall–Kier alpha value is -3.36. The minimum absolute atomic E-state index is 0.115. The number of rotatable bonds is 5. The predicted octanol–water partition coefficient (Wildman–Crippen LogP) is 4.09. The van der Waals surface area contributed by atoms with Crippen LogP contribution in [-0.4, -0.2) is 32.3 Å². The van der Waals surface area contributed by atoms with Crippen LogP contribution in [0, 0.1) is 11.8 Å². The van der Waals surface area contributed by atoms with Crippen molar-refractivity contribution in [3.8, 4) is 0 Å². The number of pyridine rings is 1. The zero-order chi connectivity index (χ0) is 20.4. The van der Waals surface area contributed by atoms with E-state index in [0.29, 0.717) is 30.1 Å². The number of halogens is 2. The van der Waals surface area contributed by atoms with Gasteiger partial charge >= 0.3 is 0 Å². The molecule has 9 heteroatoms. The van der Waals surface area contributed by atoms with E-state index in [9.17, 15) is 8.78 Å². The third-order valence-corrected chi connectivity index (χ3v) is 4.81. The molecule has 150 valence electrons. The van der Waals surface area contributed by atoms with Crippen molar-refractivity contribution < 1.29 is 8.78 Å². The van der Waals surface area contributed by atoms with Gasteiger partial charge in [-0.1, -0.05) is 6.08 Å². The summed E-state index contributed by atoms with van der Waals surface area (Å²) in [4.78, 5) is 10.5. The maximum Gasteiger partial charge on any atom is 0.213 e. The van der Waals surface area contributed by atoms with E-state index in [4.69, 9.17) is 4.98 Å². The summed E-state index contributed by atoms with van der Waals surface area (Å²) in [5, 5.41) is 10.4. The van der Waals surface area contributed by atoms with Crippen molar-refractivity contribution in [2.75, 3.05) is 16.5 Å². The fraction of sp³-hybridized carbons (Fsp3) is 0.300. The van der Waals surface area contributed by atoms with Crippen molar-refractivity contribution in [3.05, 3.63) is 60.3 Å². The molecule has 0 saturated carbocycles. The predicted molar refractivity (Wildman–Crippen MR) is 108 cm³/mol. The smallest absolute Gasteiger partial charge is 0.213 e. The van der Waals surface area contributed by atoms with E-state index in [1.807, 2.05) is 37.1 Å². The van der Waals surface area contributed by atoms with Gasteiger partial charge in [-0.15, -0.1) is 0 Å². The van der Waals surface area contributed by atoms with Gasteiger partial charge in [-0.3, -0.25) is 0 Å². The molecule has 1 aliphatic heterocycles. The Labute approximate surface area is 167 Å². The van der Waals surface area contributed by atoms with E-state index >= 15 is 0 Å². The van der Waals surface area contributed by atoms with Gasteiger partial charge in [0.05, 0.1) is 12.2 Å². The first-order chi connectivity index (χ1) is 14.1. The second-order valence-corrected chi connectivity index (χ2v) is 6.64. The quantitative estimate of drug-likeness (QED) is 0.369. The normalized spacial score (nSPS) is 17.2. The molecular weight excluding hydrogens is 376 g/mol. The lowest BCUT2D eigenvalue weighted by molar-refractivity contribution is 0.518. The molecule has 4 rings (SSSR count). The van der Waals surface area contributed by atoms with Gasteiger partial charge in [0.15, 0.2) is 5.65 Å². The average Bonchev–Trinajstić information content (AvgIpc) is 3.36. The number of hydrazone groups is 1. The number of hydrogen-bond acceptors (Lipinski definition) is 6. The van der Waals surface area contributed by atoms with E-state index < -0.39 is 11.8 Å². The highest BCUT2D eigenvalue weighted by Crippen LogP contribution is 2.36. The number of anilines is 2. The van der Waals surface area contributed by atoms with Crippen LogP contribution in [0.25, 0.3) is 5.65 Å². The Bertz CT molecular complexity index is 1060. The molecule has 0 amide bonds. The van der Waals surface area contributed by atoms with Crippen molar-refractivity contribution in [2.45, 2.75) is 32.7 Å². The molecule has 1 unspecified atom stereocenters. The lowest BCUT2D eigenvalue weighted by atomic mass is 10.1. The Kier molecular flexibility index (Phi) is 5.20. The zero-order valence-corrected chi connectivity index (χ0v) is 16.2. The molecule has 0 radical (unpaired) electrons. The van der Waals surface area contributed by atoms with E-state index in [0.717, 1.165) is 18.6 Å². The van der Waals surface area contributed by atoms with Crippen molar-refractivity contribution in [3.63, 3.8) is 0 Å². The van der Waals surface area contributed by atoms with Crippen LogP contribution >= 0.6 is 0 Å². The van der Waals surface area contributed by atoms with Crippen LogP contribution in [-0.2, 0) is 0 Å². The molecule has 7 nitrogen and oxygen atoms in total. The number of fused-ring (bicyclic) bond motifs is 1. The number of hydrogen-bond donors (Lipinski definition) is 0. The molecule has 1 aliphatic rings. The molecule has 3 aromatic heterocycles. The fourth-order valence-corrected chi connectivity index (χ4v) is 3.61. The van der Waals surface area contributed by atoms with Gasteiger partial charge in [0.2, 0.25) is 5.95 Å². The Balaban J connectivity index is 1.75. The summed E-state index contributed by atoms with van der Waals surface area (Å²) in [6.07, 6.45) is 10.4. The first kappa shape index (κ1) is 19.0. The fourth-order valence-electron chi connectivity index (χ4n) is 3.61. The van der Waals surface area contributed by atoms with Gasteiger partial charge in [-0.05, 0) is 44.9 Å². The molecule has 0 spiro atoms. The van der Waals surface area contributed by atoms with Gasteiger partial charge in [0.1, 0.15) is 23.0 Å².